The number of aromatic nitrogens is 2. The van der Waals surface area contributed by atoms with Gasteiger partial charge in [0.1, 0.15) is 0 Å². The predicted molar refractivity (Wildman–Crippen MR) is 91.4 cm³/mol. The fraction of sp³-hybridized carbons (Fsp3) is 0.294. The quantitative estimate of drug-likeness (QED) is 0.718. The van der Waals surface area contributed by atoms with Gasteiger partial charge < -0.3 is 14.5 Å². The first-order chi connectivity index (χ1) is 11.3. The van der Waals surface area contributed by atoms with Crippen LogP contribution >= 0.6 is 11.3 Å². The second kappa shape index (κ2) is 7.39. The van der Waals surface area contributed by atoms with E-state index in [9.17, 15) is 5.11 Å². The Morgan fingerprint density at radius 3 is 2.78 bits per heavy atom. The maximum absolute atomic E-state index is 10.0. The Labute approximate surface area is 139 Å². The average molecular weight is 329 g/mol. The van der Waals surface area contributed by atoms with Crippen LogP contribution in [0.4, 0.5) is 5.69 Å². The van der Waals surface area contributed by atoms with E-state index in [1.54, 1.807) is 11.3 Å². The normalized spacial score (nSPS) is 12.3. The molecule has 0 saturated heterocycles. The molecule has 1 aromatic carbocycles. The molecular formula is C17H19N3O2S. The summed E-state index contributed by atoms with van der Waals surface area (Å²) in [6.45, 7) is 2.99. The summed E-state index contributed by atoms with van der Waals surface area (Å²) in [5.41, 5.74) is 1.97. The molecule has 3 rings (SSSR count). The van der Waals surface area contributed by atoms with E-state index in [2.05, 4.69) is 15.0 Å². The van der Waals surface area contributed by atoms with Gasteiger partial charge in [-0.1, -0.05) is 30.3 Å². The summed E-state index contributed by atoms with van der Waals surface area (Å²) in [6, 6.07) is 11.9. The summed E-state index contributed by atoms with van der Waals surface area (Å²) in [4.78, 5) is 6.52. The minimum absolute atomic E-state index is 0.390. The monoisotopic (exact) mass is 329 g/mol. The Hall–Kier alpha value is -2.18. The molecular weight excluding hydrogens is 310 g/mol. The maximum atomic E-state index is 10.0. The molecule has 0 fully saturated rings. The lowest BCUT2D eigenvalue weighted by molar-refractivity contribution is 0.175. The number of para-hydroxylation sites is 1. The highest BCUT2D eigenvalue weighted by molar-refractivity contribution is 7.08. The van der Waals surface area contributed by atoms with Crippen molar-refractivity contribution >= 4 is 17.0 Å². The second-order valence-electron chi connectivity index (χ2n) is 5.31. The first kappa shape index (κ1) is 15.7. The van der Waals surface area contributed by atoms with Crippen molar-refractivity contribution in [3.05, 3.63) is 53.0 Å². The third kappa shape index (κ3) is 3.97. The van der Waals surface area contributed by atoms with Gasteiger partial charge in [0.2, 0.25) is 0 Å². The van der Waals surface area contributed by atoms with Crippen LogP contribution in [0.25, 0.3) is 11.5 Å². The average Bonchev–Trinajstić information content (AvgIpc) is 3.26. The maximum Gasteiger partial charge on any atom is 0.258 e. The van der Waals surface area contributed by atoms with Gasteiger partial charge in [-0.05, 0) is 30.0 Å². The Morgan fingerprint density at radius 2 is 2.09 bits per heavy atom. The van der Waals surface area contributed by atoms with Crippen LogP contribution < -0.4 is 4.90 Å². The van der Waals surface area contributed by atoms with Crippen LogP contribution in [0.3, 0.4) is 0 Å². The number of aliphatic hydroxyl groups excluding tert-OH is 1. The first-order valence-electron chi connectivity index (χ1n) is 7.59. The molecule has 0 aliphatic heterocycles. The minimum atomic E-state index is -0.390. The molecule has 1 unspecified atom stereocenters. The van der Waals surface area contributed by atoms with Crippen LogP contribution in [-0.2, 0) is 6.54 Å². The third-order valence-electron chi connectivity index (χ3n) is 3.59. The number of anilines is 1. The summed E-state index contributed by atoms with van der Waals surface area (Å²) >= 11 is 1.59. The molecule has 3 aromatic rings. The van der Waals surface area contributed by atoms with Gasteiger partial charge in [-0.25, -0.2) is 0 Å². The molecule has 120 valence electrons. The Bertz CT molecular complexity index is 713. The molecule has 23 heavy (non-hydrogen) atoms. The molecule has 1 N–H and O–H groups in total. The molecule has 0 bridgehead atoms. The van der Waals surface area contributed by atoms with E-state index in [4.69, 9.17) is 4.52 Å². The summed E-state index contributed by atoms with van der Waals surface area (Å²) in [7, 11) is 0. The number of hydrogen-bond acceptors (Lipinski definition) is 6. The van der Waals surface area contributed by atoms with E-state index < -0.39 is 6.10 Å². The van der Waals surface area contributed by atoms with Crippen molar-refractivity contribution < 1.29 is 9.63 Å². The third-order valence-corrected chi connectivity index (χ3v) is 4.28. The first-order valence-corrected chi connectivity index (χ1v) is 8.53. The van der Waals surface area contributed by atoms with E-state index in [1.165, 1.54) is 0 Å². The molecule has 0 amide bonds. The largest absolute Gasteiger partial charge is 0.391 e. The number of rotatable bonds is 7. The summed E-state index contributed by atoms with van der Waals surface area (Å²) < 4.78 is 5.33. The van der Waals surface area contributed by atoms with Crippen molar-refractivity contribution in [3.8, 4) is 11.5 Å². The highest BCUT2D eigenvalue weighted by atomic mass is 32.1. The van der Waals surface area contributed by atoms with Gasteiger partial charge in [-0.3, -0.25) is 0 Å². The Kier molecular flexibility index (Phi) is 5.05. The summed E-state index contributed by atoms with van der Waals surface area (Å²) in [5, 5.41) is 18.0. The lowest BCUT2D eigenvalue weighted by Gasteiger charge is -2.25. The topological polar surface area (TPSA) is 62.4 Å². The van der Waals surface area contributed by atoms with Gasteiger partial charge in [0, 0.05) is 17.6 Å². The molecule has 6 heteroatoms. The molecule has 0 aliphatic rings. The van der Waals surface area contributed by atoms with Crippen molar-refractivity contribution in [1.29, 1.82) is 0 Å². The fourth-order valence-electron chi connectivity index (χ4n) is 2.28. The summed E-state index contributed by atoms with van der Waals surface area (Å²) in [6.07, 6.45) is 0.314. The van der Waals surface area contributed by atoms with Gasteiger partial charge >= 0.3 is 0 Å². The number of aliphatic hydroxyl groups is 1. The van der Waals surface area contributed by atoms with Crippen LogP contribution in [0.1, 0.15) is 19.2 Å². The van der Waals surface area contributed by atoms with Crippen molar-refractivity contribution in [2.45, 2.75) is 26.0 Å². The lowest BCUT2D eigenvalue weighted by atomic mass is 10.2. The Balaban J connectivity index is 1.78. The smallest absolute Gasteiger partial charge is 0.258 e. The zero-order chi connectivity index (χ0) is 16.1. The highest BCUT2D eigenvalue weighted by Gasteiger charge is 2.16. The van der Waals surface area contributed by atoms with E-state index >= 15 is 0 Å². The van der Waals surface area contributed by atoms with E-state index in [0.29, 0.717) is 31.2 Å². The van der Waals surface area contributed by atoms with Gasteiger partial charge in [-0.15, -0.1) is 0 Å². The van der Waals surface area contributed by atoms with E-state index in [0.717, 1.165) is 11.3 Å². The zero-order valence-corrected chi connectivity index (χ0v) is 13.7. The molecule has 0 saturated carbocycles. The molecule has 2 heterocycles. The lowest BCUT2D eigenvalue weighted by Crippen LogP contribution is -2.32. The SMILES string of the molecule is CCC(O)CN(Cc1noc(-c2ccsc2)n1)c1ccccc1. The van der Waals surface area contributed by atoms with Crippen molar-refractivity contribution in [1.82, 2.24) is 10.1 Å². The Morgan fingerprint density at radius 1 is 1.26 bits per heavy atom. The van der Waals surface area contributed by atoms with Crippen molar-refractivity contribution in [2.75, 3.05) is 11.4 Å². The molecule has 0 spiro atoms. The fourth-order valence-corrected chi connectivity index (χ4v) is 2.91. The summed E-state index contributed by atoms with van der Waals surface area (Å²) in [5.74, 6) is 1.14. The van der Waals surface area contributed by atoms with Crippen LogP contribution in [0.15, 0.2) is 51.7 Å². The molecule has 0 radical (unpaired) electrons. The van der Waals surface area contributed by atoms with Gasteiger partial charge in [0.05, 0.1) is 18.2 Å². The number of benzene rings is 1. The second-order valence-corrected chi connectivity index (χ2v) is 6.09. The standard InChI is InChI=1S/C17H19N3O2S/c1-2-15(21)10-20(14-6-4-3-5-7-14)11-16-18-17(22-19-16)13-8-9-23-12-13/h3-9,12,15,21H,2,10-11H2,1H3. The van der Waals surface area contributed by atoms with Crippen LogP contribution in [-0.4, -0.2) is 27.9 Å². The highest BCUT2D eigenvalue weighted by Crippen LogP contribution is 2.21. The number of thiophene rings is 1. The minimum Gasteiger partial charge on any atom is -0.391 e. The van der Waals surface area contributed by atoms with Crippen LogP contribution in [0.2, 0.25) is 0 Å². The predicted octanol–water partition coefficient (Wildman–Crippen LogP) is 3.58. The molecule has 0 aliphatic carbocycles. The van der Waals surface area contributed by atoms with Crippen molar-refractivity contribution in [2.24, 2.45) is 0 Å². The van der Waals surface area contributed by atoms with Crippen LogP contribution in [0.5, 0.6) is 0 Å². The van der Waals surface area contributed by atoms with Crippen molar-refractivity contribution in [3.63, 3.8) is 0 Å². The van der Waals surface area contributed by atoms with Gasteiger partial charge in [0.25, 0.3) is 5.89 Å². The molecule has 5 nitrogen and oxygen atoms in total. The number of nitrogens with zero attached hydrogens (tertiary/aromatic N) is 3. The zero-order valence-electron chi connectivity index (χ0n) is 12.9. The van der Waals surface area contributed by atoms with Gasteiger partial charge in [0.15, 0.2) is 5.82 Å². The number of hydrogen-bond donors (Lipinski definition) is 1. The van der Waals surface area contributed by atoms with E-state index in [-0.39, 0.29) is 0 Å². The van der Waals surface area contributed by atoms with E-state index in [1.807, 2.05) is 54.1 Å². The molecule has 2 aromatic heterocycles. The molecule has 1 atom stereocenters. The van der Waals surface area contributed by atoms with Gasteiger partial charge in [-0.2, -0.15) is 16.3 Å². The van der Waals surface area contributed by atoms with Crippen LogP contribution in [0, 0.1) is 0 Å².